The van der Waals surface area contributed by atoms with Gasteiger partial charge in [-0.2, -0.15) is 0 Å². The van der Waals surface area contributed by atoms with Crippen molar-refractivity contribution in [2.45, 2.75) is 6.42 Å². The molecular formula is C16H25N5O2. The van der Waals surface area contributed by atoms with Crippen LogP contribution < -0.4 is 5.32 Å². The number of carbonyl (C=O) groups is 2. The van der Waals surface area contributed by atoms with Gasteiger partial charge in [0.1, 0.15) is 5.69 Å². The molecule has 23 heavy (non-hydrogen) atoms. The number of hydrogen-bond acceptors (Lipinski definition) is 5. The third-order valence-corrected chi connectivity index (χ3v) is 3.84. The maximum absolute atomic E-state index is 12.5. The summed E-state index contributed by atoms with van der Waals surface area (Å²) < 4.78 is 0. The van der Waals surface area contributed by atoms with Gasteiger partial charge in [0.2, 0.25) is 6.41 Å². The van der Waals surface area contributed by atoms with Crippen molar-refractivity contribution in [1.29, 1.82) is 0 Å². The average Bonchev–Trinajstić information content (AvgIpc) is 2.58. The highest BCUT2D eigenvalue weighted by molar-refractivity contribution is 5.93. The van der Waals surface area contributed by atoms with Gasteiger partial charge in [0, 0.05) is 44.6 Å². The molecule has 1 fully saturated rings. The molecule has 1 saturated heterocycles. The Balaban J connectivity index is 1.88. The summed E-state index contributed by atoms with van der Waals surface area (Å²) in [4.78, 5) is 33.0. The van der Waals surface area contributed by atoms with Crippen LogP contribution in [0.2, 0.25) is 0 Å². The van der Waals surface area contributed by atoms with Crippen molar-refractivity contribution in [2.75, 3.05) is 58.7 Å². The van der Waals surface area contributed by atoms with Gasteiger partial charge in [0.15, 0.2) is 0 Å². The van der Waals surface area contributed by atoms with Gasteiger partial charge < -0.3 is 20.0 Å². The largest absolute Gasteiger partial charge is 0.385 e. The molecule has 0 bridgehead atoms. The second-order valence-electron chi connectivity index (χ2n) is 5.95. The SMILES string of the molecule is CN(C)CCCNc1ccnc(C(=O)N2CCN(C=O)CC2)c1. The second kappa shape index (κ2) is 8.47. The Morgan fingerprint density at radius 3 is 2.74 bits per heavy atom. The molecule has 0 radical (unpaired) electrons. The number of aromatic nitrogens is 1. The van der Waals surface area contributed by atoms with Crippen molar-refractivity contribution in [2.24, 2.45) is 0 Å². The first-order valence-electron chi connectivity index (χ1n) is 7.93. The summed E-state index contributed by atoms with van der Waals surface area (Å²) in [6.07, 6.45) is 3.52. The predicted molar refractivity (Wildman–Crippen MR) is 89.4 cm³/mol. The van der Waals surface area contributed by atoms with Crippen molar-refractivity contribution in [1.82, 2.24) is 19.7 Å². The van der Waals surface area contributed by atoms with E-state index in [4.69, 9.17) is 0 Å². The third-order valence-electron chi connectivity index (χ3n) is 3.84. The zero-order valence-electron chi connectivity index (χ0n) is 13.9. The minimum atomic E-state index is -0.0764. The predicted octanol–water partition coefficient (Wildman–Crippen LogP) is 0.359. The van der Waals surface area contributed by atoms with Crippen LogP contribution in [0.4, 0.5) is 5.69 Å². The van der Waals surface area contributed by atoms with Crippen molar-refractivity contribution in [3.05, 3.63) is 24.0 Å². The molecular weight excluding hydrogens is 294 g/mol. The van der Waals surface area contributed by atoms with Crippen LogP contribution in [-0.4, -0.2) is 85.4 Å². The monoisotopic (exact) mass is 319 g/mol. The fourth-order valence-corrected chi connectivity index (χ4v) is 2.48. The molecule has 0 atom stereocenters. The number of carbonyl (C=O) groups excluding carboxylic acids is 2. The Morgan fingerprint density at radius 2 is 2.09 bits per heavy atom. The van der Waals surface area contributed by atoms with Gasteiger partial charge in [-0.15, -0.1) is 0 Å². The highest BCUT2D eigenvalue weighted by Crippen LogP contribution is 2.11. The molecule has 2 amide bonds. The number of pyridine rings is 1. The summed E-state index contributed by atoms with van der Waals surface area (Å²) in [5, 5.41) is 3.32. The Bertz CT molecular complexity index is 527. The normalized spacial score (nSPS) is 14.9. The smallest absolute Gasteiger partial charge is 0.272 e. The molecule has 7 nitrogen and oxygen atoms in total. The highest BCUT2D eigenvalue weighted by Gasteiger charge is 2.22. The summed E-state index contributed by atoms with van der Waals surface area (Å²) in [6, 6.07) is 3.67. The van der Waals surface area contributed by atoms with Gasteiger partial charge in [-0.05, 0) is 39.2 Å². The van der Waals surface area contributed by atoms with E-state index in [0.29, 0.717) is 31.9 Å². The maximum atomic E-state index is 12.5. The quantitative estimate of drug-likeness (QED) is 0.580. The topological polar surface area (TPSA) is 68.8 Å². The lowest BCUT2D eigenvalue weighted by Gasteiger charge is -2.32. The number of amides is 2. The van der Waals surface area contributed by atoms with Crippen LogP contribution in [0.25, 0.3) is 0 Å². The van der Waals surface area contributed by atoms with Crippen LogP contribution in [0.5, 0.6) is 0 Å². The molecule has 2 rings (SSSR count). The van der Waals surface area contributed by atoms with Gasteiger partial charge in [-0.1, -0.05) is 0 Å². The van der Waals surface area contributed by atoms with Crippen molar-refractivity contribution >= 4 is 18.0 Å². The molecule has 0 spiro atoms. The Labute approximate surface area is 137 Å². The van der Waals surface area contributed by atoms with Crippen LogP contribution in [-0.2, 0) is 4.79 Å². The summed E-state index contributed by atoms with van der Waals surface area (Å²) in [5.74, 6) is -0.0764. The van der Waals surface area contributed by atoms with Crippen LogP contribution >= 0.6 is 0 Å². The highest BCUT2D eigenvalue weighted by atomic mass is 16.2. The molecule has 1 aliphatic rings. The van der Waals surface area contributed by atoms with E-state index in [1.807, 2.05) is 20.2 Å². The van der Waals surface area contributed by atoms with E-state index in [-0.39, 0.29) is 5.91 Å². The van der Waals surface area contributed by atoms with Crippen LogP contribution in [0.15, 0.2) is 18.3 Å². The molecule has 1 aromatic heterocycles. The molecule has 0 unspecified atom stereocenters. The second-order valence-corrected chi connectivity index (χ2v) is 5.95. The fourth-order valence-electron chi connectivity index (χ4n) is 2.48. The lowest BCUT2D eigenvalue weighted by molar-refractivity contribution is -0.119. The summed E-state index contributed by atoms with van der Waals surface area (Å²) in [6.45, 7) is 4.15. The van der Waals surface area contributed by atoms with E-state index in [9.17, 15) is 9.59 Å². The summed E-state index contributed by atoms with van der Waals surface area (Å²) >= 11 is 0. The minimum Gasteiger partial charge on any atom is -0.385 e. The lowest BCUT2D eigenvalue weighted by atomic mass is 10.2. The van der Waals surface area contributed by atoms with Crippen molar-refractivity contribution in [3.63, 3.8) is 0 Å². The van der Waals surface area contributed by atoms with Gasteiger partial charge in [0.25, 0.3) is 5.91 Å². The van der Waals surface area contributed by atoms with E-state index in [1.54, 1.807) is 22.1 Å². The molecule has 1 N–H and O–H groups in total. The van der Waals surface area contributed by atoms with Crippen LogP contribution in [0, 0.1) is 0 Å². The molecule has 7 heteroatoms. The zero-order valence-corrected chi connectivity index (χ0v) is 13.9. The number of anilines is 1. The molecule has 1 aromatic rings. The van der Waals surface area contributed by atoms with Crippen molar-refractivity contribution < 1.29 is 9.59 Å². The molecule has 0 aromatic carbocycles. The minimum absolute atomic E-state index is 0.0764. The molecule has 1 aliphatic heterocycles. The van der Waals surface area contributed by atoms with E-state index >= 15 is 0 Å². The Kier molecular flexibility index (Phi) is 6.34. The summed E-state index contributed by atoms with van der Waals surface area (Å²) in [7, 11) is 4.10. The summed E-state index contributed by atoms with van der Waals surface area (Å²) in [5.41, 5.74) is 1.36. The third kappa shape index (κ3) is 5.21. The molecule has 126 valence electrons. The number of nitrogens with zero attached hydrogens (tertiary/aromatic N) is 4. The van der Waals surface area contributed by atoms with Gasteiger partial charge in [-0.25, -0.2) is 0 Å². The Hall–Kier alpha value is -2.15. The maximum Gasteiger partial charge on any atom is 0.272 e. The van der Waals surface area contributed by atoms with Gasteiger partial charge in [-0.3, -0.25) is 14.6 Å². The van der Waals surface area contributed by atoms with Crippen LogP contribution in [0.3, 0.4) is 0 Å². The number of hydrogen-bond donors (Lipinski definition) is 1. The first kappa shape index (κ1) is 17.2. The van der Waals surface area contributed by atoms with Crippen molar-refractivity contribution in [3.8, 4) is 0 Å². The molecule has 0 saturated carbocycles. The lowest BCUT2D eigenvalue weighted by Crippen LogP contribution is -2.48. The molecule has 0 aliphatic carbocycles. The Morgan fingerprint density at radius 1 is 1.35 bits per heavy atom. The van der Waals surface area contributed by atoms with E-state index in [0.717, 1.165) is 31.6 Å². The van der Waals surface area contributed by atoms with Gasteiger partial charge in [0.05, 0.1) is 0 Å². The number of nitrogens with one attached hydrogen (secondary N) is 1. The average molecular weight is 319 g/mol. The van der Waals surface area contributed by atoms with Crippen LogP contribution in [0.1, 0.15) is 16.9 Å². The molecule has 2 heterocycles. The van der Waals surface area contributed by atoms with E-state index in [1.165, 1.54) is 0 Å². The van der Waals surface area contributed by atoms with Gasteiger partial charge >= 0.3 is 0 Å². The van der Waals surface area contributed by atoms with E-state index < -0.39 is 0 Å². The fraction of sp³-hybridized carbons (Fsp3) is 0.562. The first-order chi connectivity index (χ1) is 11.1. The first-order valence-corrected chi connectivity index (χ1v) is 7.93. The zero-order chi connectivity index (χ0) is 16.7. The standard InChI is InChI=1S/C16H25N5O2/c1-19(2)7-3-5-17-14-4-6-18-15(12-14)16(23)21-10-8-20(13-22)9-11-21/h4,6,12-13H,3,5,7-11H2,1-2H3,(H,17,18). The number of rotatable bonds is 7. The number of piperazine rings is 1. The van der Waals surface area contributed by atoms with E-state index in [2.05, 4.69) is 15.2 Å².